The monoisotopic (exact) mass is 288 g/mol. The maximum atomic E-state index is 11.2. The number of rotatable bonds is 7. The van der Waals surface area contributed by atoms with Gasteiger partial charge in [-0.3, -0.25) is 0 Å². The van der Waals surface area contributed by atoms with E-state index in [-0.39, 0.29) is 12.1 Å². The van der Waals surface area contributed by atoms with E-state index in [0.717, 1.165) is 32.1 Å². The van der Waals surface area contributed by atoms with Crippen molar-refractivity contribution < 1.29 is 9.53 Å². The fourth-order valence-electron chi connectivity index (χ4n) is 2.27. The second kappa shape index (κ2) is 9.38. The van der Waals surface area contributed by atoms with E-state index in [1.807, 2.05) is 6.08 Å². The third-order valence-corrected chi connectivity index (χ3v) is 3.48. The van der Waals surface area contributed by atoms with E-state index >= 15 is 0 Å². The molecule has 116 valence electrons. The number of allylic oxidation sites excluding steroid dienone is 5. The summed E-state index contributed by atoms with van der Waals surface area (Å²) in [5.41, 5.74) is 4.13. The van der Waals surface area contributed by atoms with Crippen molar-refractivity contribution in [2.24, 2.45) is 0 Å². The average molecular weight is 288 g/mol. The van der Waals surface area contributed by atoms with Crippen LogP contribution in [0.15, 0.2) is 47.1 Å². The van der Waals surface area contributed by atoms with E-state index in [1.165, 1.54) is 22.8 Å². The Bertz CT molecular complexity index is 460. The van der Waals surface area contributed by atoms with Gasteiger partial charge in [-0.1, -0.05) is 34.9 Å². The lowest BCUT2D eigenvalue weighted by Gasteiger charge is -2.16. The first-order chi connectivity index (χ1) is 9.97. The summed E-state index contributed by atoms with van der Waals surface area (Å²) in [5, 5.41) is 0. The van der Waals surface area contributed by atoms with Gasteiger partial charge in [-0.05, 0) is 59.5 Å². The van der Waals surface area contributed by atoms with Crippen LogP contribution in [0.5, 0.6) is 0 Å². The van der Waals surface area contributed by atoms with Crippen LogP contribution in [0.2, 0.25) is 0 Å². The molecule has 0 saturated carbocycles. The molecule has 2 nitrogen and oxygen atoms in total. The Morgan fingerprint density at radius 2 is 1.81 bits per heavy atom. The lowest BCUT2D eigenvalue weighted by atomic mass is 10.0. The van der Waals surface area contributed by atoms with Gasteiger partial charge in [0, 0.05) is 12.5 Å². The molecule has 0 N–H and O–H groups in total. The molecule has 1 rings (SSSR count). The highest BCUT2D eigenvalue weighted by Gasteiger charge is 2.13. The Labute approximate surface area is 129 Å². The van der Waals surface area contributed by atoms with E-state index in [2.05, 4.69) is 45.9 Å². The second-order valence-electron chi connectivity index (χ2n) is 6.04. The van der Waals surface area contributed by atoms with Gasteiger partial charge in [0.15, 0.2) is 0 Å². The van der Waals surface area contributed by atoms with Crippen molar-refractivity contribution in [3.63, 3.8) is 0 Å². The van der Waals surface area contributed by atoms with Crippen molar-refractivity contribution in [3.05, 3.63) is 47.1 Å². The third kappa shape index (κ3) is 8.34. The molecule has 0 aromatic carbocycles. The first-order valence-electron chi connectivity index (χ1n) is 7.81. The van der Waals surface area contributed by atoms with Crippen LogP contribution >= 0.6 is 0 Å². The lowest BCUT2D eigenvalue weighted by molar-refractivity contribution is -0.141. The Morgan fingerprint density at radius 3 is 2.48 bits per heavy atom. The molecule has 0 aromatic heterocycles. The number of carbonyl (C=O) groups is 1. The molecule has 1 atom stereocenters. The van der Waals surface area contributed by atoms with Crippen molar-refractivity contribution in [3.8, 4) is 0 Å². The van der Waals surface area contributed by atoms with Gasteiger partial charge in [0.05, 0.1) is 0 Å². The first kappa shape index (κ1) is 17.5. The molecule has 1 unspecified atom stereocenters. The van der Waals surface area contributed by atoms with Crippen LogP contribution in [0.4, 0.5) is 0 Å². The summed E-state index contributed by atoms with van der Waals surface area (Å²) in [5.74, 6) is -0.231. The van der Waals surface area contributed by atoms with Crippen molar-refractivity contribution in [2.75, 3.05) is 0 Å². The summed E-state index contributed by atoms with van der Waals surface area (Å²) in [6.07, 6.45) is 15.1. The quantitative estimate of drug-likeness (QED) is 0.471. The molecule has 0 saturated heterocycles. The van der Waals surface area contributed by atoms with Crippen LogP contribution in [-0.2, 0) is 9.53 Å². The fraction of sp³-hybridized carbons (Fsp3) is 0.526. The SMILES string of the molecule is CC(C)=CCC/C(C)=C/CC/C(C)=C/C1CC=CC(=O)O1. The van der Waals surface area contributed by atoms with Crippen molar-refractivity contribution >= 4 is 5.97 Å². The van der Waals surface area contributed by atoms with Crippen molar-refractivity contribution in [1.82, 2.24) is 0 Å². The molecule has 21 heavy (non-hydrogen) atoms. The number of hydrogen-bond acceptors (Lipinski definition) is 2. The molecule has 0 radical (unpaired) electrons. The molecular weight excluding hydrogens is 260 g/mol. The highest BCUT2D eigenvalue weighted by atomic mass is 16.5. The zero-order valence-electron chi connectivity index (χ0n) is 13.8. The van der Waals surface area contributed by atoms with Crippen LogP contribution in [0.25, 0.3) is 0 Å². The molecule has 0 bridgehead atoms. The van der Waals surface area contributed by atoms with Crippen LogP contribution in [0.3, 0.4) is 0 Å². The van der Waals surface area contributed by atoms with Gasteiger partial charge < -0.3 is 4.74 Å². The molecule has 0 aliphatic carbocycles. The molecule has 0 spiro atoms. The van der Waals surface area contributed by atoms with Gasteiger partial charge in [-0.25, -0.2) is 4.79 Å². The van der Waals surface area contributed by atoms with Gasteiger partial charge in [0.1, 0.15) is 6.10 Å². The minimum Gasteiger partial charge on any atom is -0.455 e. The highest BCUT2D eigenvalue weighted by Crippen LogP contribution is 2.15. The maximum absolute atomic E-state index is 11.2. The predicted molar refractivity (Wildman–Crippen MR) is 89.1 cm³/mol. The zero-order chi connectivity index (χ0) is 15.7. The molecule has 0 fully saturated rings. The molecule has 1 heterocycles. The van der Waals surface area contributed by atoms with Gasteiger partial charge >= 0.3 is 5.97 Å². The Kier molecular flexibility index (Phi) is 7.81. The van der Waals surface area contributed by atoms with Crippen molar-refractivity contribution in [2.45, 2.75) is 65.9 Å². The van der Waals surface area contributed by atoms with Gasteiger partial charge in [-0.15, -0.1) is 0 Å². The zero-order valence-corrected chi connectivity index (χ0v) is 13.8. The summed E-state index contributed by atoms with van der Waals surface area (Å²) >= 11 is 0. The smallest absolute Gasteiger partial charge is 0.331 e. The lowest BCUT2D eigenvalue weighted by Crippen LogP contribution is -2.17. The average Bonchev–Trinajstić information content (AvgIpc) is 2.38. The van der Waals surface area contributed by atoms with E-state index in [1.54, 1.807) is 0 Å². The number of hydrogen-bond donors (Lipinski definition) is 0. The minimum atomic E-state index is -0.231. The molecule has 0 amide bonds. The van der Waals surface area contributed by atoms with E-state index in [4.69, 9.17) is 4.74 Å². The maximum Gasteiger partial charge on any atom is 0.331 e. The molecule has 1 aliphatic heterocycles. The third-order valence-electron chi connectivity index (χ3n) is 3.48. The summed E-state index contributed by atoms with van der Waals surface area (Å²) in [7, 11) is 0. The Morgan fingerprint density at radius 1 is 1.14 bits per heavy atom. The number of ether oxygens (including phenoxy) is 1. The first-order valence-corrected chi connectivity index (χ1v) is 7.81. The normalized spacial score (nSPS) is 19.4. The fourth-order valence-corrected chi connectivity index (χ4v) is 2.27. The van der Waals surface area contributed by atoms with Gasteiger partial charge in [-0.2, -0.15) is 0 Å². The Balaban J connectivity index is 2.32. The molecule has 0 aromatic rings. The van der Waals surface area contributed by atoms with E-state index in [9.17, 15) is 4.79 Å². The number of carbonyl (C=O) groups excluding carboxylic acids is 1. The van der Waals surface area contributed by atoms with Crippen LogP contribution in [-0.4, -0.2) is 12.1 Å². The standard InChI is InChI=1S/C19H28O2/c1-15(2)8-5-9-16(3)10-6-11-17(4)14-18-12-7-13-19(20)21-18/h7-8,10,13-14,18H,5-6,9,11-12H2,1-4H3/b16-10+,17-14+. The second-order valence-corrected chi connectivity index (χ2v) is 6.04. The van der Waals surface area contributed by atoms with E-state index in [0.29, 0.717) is 0 Å². The van der Waals surface area contributed by atoms with Gasteiger partial charge in [0.2, 0.25) is 0 Å². The van der Waals surface area contributed by atoms with Crippen LogP contribution in [0.1, 0.15) is 59.8 Å². The van der Waals surface area contributed by atoms with E-state index < -0.39 is 0 Å². The largest absolute Gasteiger partial charge is 0.455 e. The molecular formula is C19H28O2. The Hall–Kier alpha value is -1.57. The number of cyclic esters (lactones) is 1. The summed E-state index contributed by atoms with van der Waals surface area (Å²) in [6.45, 7) is 8.59. The minimum absolute atomic E-state index is 0.0785. The number of esters is 1. The van der Waals surface area contributed by atoms with Crippen molar-refractivity contribution in [1.29, 1.82) is 0 Å². The van der Waals surface area contributed by atoms with Crippen LogP contribution in [0, 0.1) is 0 Å². The summed E-state index contributed by atoms with van der Waals surface area (Å²) < 4.78 is 5.24. The highest BCUT2D eigenvalue weighted by molar-refractivity contribution is 5.82. The van der Waals surface area contributed by atoms with Crippen LogP contribution < -0.4 is 0 Å². The topological polar surface area (TPSA) is 26.3 Å². The predicted octanol–water partition coefficient (Wildman–Crippen LogP) is 5.28. The molecule has 1 aliphatic rings. The molecule has 2 heteroatoms. The van der Waals surface area contributed by atoms with Gasteiger partial charge in [0.25, 0.3) is 0 Å². The summed E-state index contributed by atoms with van der Waals surface area (Å²) in [4.78, 5) is 11.2. The summed E-state index contributed by atoms with van der Waals surface area (Å²) in [6, 6.07) is 0.